The molecule has 2 N–H and O–H groups in total. The number of benzene rings is 1. The molecule has 0 aliphatic heterocycles. The highest BCUT2D eigenvalue weighted by molar-refractivity contribution is 5.85. The molecule has 0 bridgehead atoms. The van der Waals surface area contributed by atoms with E-state index in [-0.39, 0.29) is 18.4 Å². The molecule has 1 nitrogen and oxygen atoms in total. The molecule has 78 valence electrons. The van der Waals surface area contributed by atoms with E-state index in [9.17, 15) is 0 Å². The smallest absolute Gasteiger partial charge is 0.0328 e. The second-order valence-electron chi connectivity index (χ2n) is 4.17. The van der Waals surface area contributed by atoms with E-state index in [1.165, 1.54) is 29.5 Å². The molecule has 1 fully saturated rings. The van der Waals surface area contributed by atoms with Gasteiger partial charge >= 0.3 is 0 Å². The molecular weight excluding hydrogens is 194 g/mol. The van der Waals surface area contributed by atoms with Crippen LogP contribution in [0.5, 0.6) is 0 Å². The fraction of sp³-hybridized carbons (Fsp3) is 0.500. The van der Waals surface area contributed by atoms with Gasteiger partial charge in [0.25, 0.3) is 0 Å². The van der Waals surface area contributed by atoms with Crippen molar-refractivity contribution in [3.63, 3.8) is 0 Å². The van der Waals surface area contributed by atoms with Crippen LogP contribution >= 0.6 is 12.4 Å². The zero-order chi connectivity index (χ0) is 9.42. The van der Waals surface area contributed by atoms with Crippen LogP contribution in [0.4, 0.5) is 0 Å². The van der Waals surface area contributed by atoms with E-state index < -0.39 is 0 Å². The Labute approximate surface area is 92.1 Å². The van der Waals surface area contributed by atoms with E-state index in [0.29, 0.717) is 0 Å². The maximum absolute atomic E-state index is 6.20. The van der Waals surface area contributed by atoms with Crippen molar-refractivity contribution in [3.05, 3.63) is 34.9 Å². The molecule has 14 heavy (non-hydrogen) atoms. The molecule has 0 unspecified atom stereocenters. The molecule has 1 aromatic rings. The van der Waals surface area contributed by atoms with Crippen LogP contribution in [0.3, 0.4) is 0 Å². The average molecular weight is 212 g/mol. The number of aryl methyl sites for hydroxylation is 2. The first-order valence-corrected chi connectivity index (χ1v) is 5.02. The van der Waals surface area contributed by atoms with Crippen LogP contribution in [0.15, 0.2) is 18.2 Å². The molecule has 0 saturated heterocycles. The lowest BCUT2D eigenvalue weighted by Crippen LogP contribution is -2.15. The Bertz CT molecular complexity index is 298. The summed E-state index contributed by atoms with van der Waals surface area (Å²) in [6, 6.07) is 6.70. The molecule has 0 spiro atoms. The van der Waals surface area contributed by atoms with Gasteiger partial charge in [-0.1, -0.05) is 18.2 Å². The highest BCUT2D eigenvalue weighted by Gasteiger charge is 2.30. The van der Waals surface area contributed by atoms with Crippen LogP contribution < -0.4 is 5.73 Å². The van der Waals surface area contributed by atoms with Crippen LogP contribution in [0.25, 0.3) is 0 Å². The van der Waals surface area contributed by atoms with E-state index in [2.05, 4.69) is 32.0 Å². The molecule has 2 heteroatoms. The van der Waals surface area contributed by atoms with Gasteiger partial charge < -0.3 is 5.73 Å². The molecule has 1 aliphatic rings. The van der Waals surface area contributed by atoms with Gasteiger partial charge in [-0.15, -0.1) is 12.4 Å². The Morgan fingerprint density at radius 3 is 2.14 bits per heavy atom. The van der Waals surface area contributed by atoms with Crippen LogP contribution in [0, 0.1) is 19.8 Å². The van der Waals surface area contributed by atoms with Crippen molar-refractivity contribution in [1.82, 2.24) is 0 Å². The molecule has 1 saturated carbocycles. The lowest BCUT2D eigenvalue weighted by molar-refractivity contribution is 0.626. The zero-order valence-electron chi connectivity index (χ0n) is 8.79. The molecule has 0 aromatic heterocycles. The van der Waals surface area contributed by atoms with Gasteiger partial charge in [-0.25, -0.2) is 0 Å². The minimum absolute atomic E-state index is 0. The predicted molar refractivity (Wildman–Crippen MR) is 62.8 cm³/mol. The van der Waals surface area contributed by atoms with Crippen LogP contribution in [0.2, 0.25) is 0 Å². The Kier molecular flexibility index (Phi) is 3.57. The molecule has 0 amide bonds. The molecule has 0 radical (unpaired) electrons. The van der Waals surface area contributed by atoms with Gasteiger partial charge in [-0.3, -0.25) is 0 Å². The summed E-state index contributed by atoms with van der Waals surface area (Å²) in [5, 5.41) is 0. The Morgan fingerprint density at radius 1 is 1.21 bits per heavy atom. The van der Waals surface area contributed by atoms with Gasteiger partial charge in [0.1, 0.15) is 0 Å². The summed E-state index contributed by atoms with van der Waals surface area (Å²) >= 11 is 0. The third-order valence-electron chi connectivity index (χ3n) is 3.01. The number of nitrogens with two attached hydrogens (primary N) is 1. The molecular formula is C12H18ClN. The molecule has 1 aliphatic carbocycles. The second-order valence-corrected chi connectivity index (χ2v) is 4.17. The van der Waals surface area contributed by atoms with Crippen molar-refractivity contribution in [1.29, 1.82) is 0 Å². The maximum atomic E-state index is 6.20. The van der Waals surface area contributed by atoms with Crippen LogP contribution in [0.1, 0.15) is 35.6 Å². The van der Waals surface area contributed by atoms with Gasteiger partial charge in [0, 0.05) is 6.04 Å². The molecule has 1 atom stereocenters. The standard InChI is InChI=1S/C12H17N.ClH/c1-8-4-3-5-9(2)11(8)12(13)10-6-7-10;/h3-5,10,12H,6-7,13H2,1-2H3;1H/t12-;/m0./s1. The van der Waals surface area contributed by atoms with Crippen molar-refractivity contribution >= 4 is 12.4 Å². The predicted octanol–water partition coefficient (Wildman–Crippen LogP) is 3.14. The van der Waals surface area contributed by atoms with Gasteiger partial charge in [0.05, 0.1) is 0 Å². The van der Waals surface area contributed by atoms with Crippen molar-refractivity contribution in [3.8, 4) is 0 Å². The molecule has 2 rings (SSSR count). The number of hydrogen-bond acceptors (Lipinski definition) is 1. The van der Waals surface area contributed by atoms with Gasteiger partial charge in [0.2, 0.25) is 0 Å². The quantitative estimate of drug-likeness (QED) is 0.799. The summed E-state index contributed by atoms with van der Waals surface area (Å²) in [7, 11) is 0. The maximum Gasteiger partial charge on any atom is 0.0328 e. The second kappa shape index (κ2) is 4.33. The summed E-state index contributed by atoms with van der Waals surface area (Å²) < 4.78 is 0. The fourth-order valence-corrected chi connectivity index (χ4v) is 2.04. The SMILES string of the molecule is Cc1cccc(C)c1[C@@H](N)C1CC1.Cl. The lowest BCUT2D eigenvalue weighted by atomic mass is 9.94. The lowest BCUT2D eigenvalue weighted by Gasteiger charge is -2.16. The van der Waals surface area contributed by atoms with Crippen molar-refractivity contribution in [2.75, 3.05) is 0 Å². The van der Waals surface area contributed by atoms with E-state index >= 15 is 0 Å². The minimum Gasteiger partial charge on any atom is -0.324 e. The monoisotopic (exact) mass is 211 g/mol. The van der Waals surface area contributed by atoms with Gasteiger partial charge in [-0.05, 0) is 49.3 Å². The zero-order valence-corrected chi connectivity index (χ0v) is 9.60. The van der Waals surface area contributed by atoms with Crippen molar-refractivity contribution in [2.45, 2.75) is 32.7 Å². The summed E-state index contributed by atoms with van der Waals surface area (Å²) in [5.41, 5.74) is 10.3. The van der Waals surface area contributed by atoms with Gasteiger partial charge in [-0.2, -0.15) is 0 Å². The Hall–Kier alpha value is -0.530. The van der Waals surface area contributed by atoms with Crippen molar-refractivity contribution in [2.24, 2.45) is 11.7 Å². The number of rotatable bonds is 2. The van der Waals surface area contributed by atoms with Gasteiger partial charge in [0.15, 0.2) is 0 Å². The first-order chi connectivity index (χ1) is 6.20. The summed E-state index contributed by atoms with van der Waals surface area (Å²) in [6.07, 6.45) is 2.63. The molecule has 0 heterocycles. The number of halogens is 1. The van der Waals surface area contributed by atoms with Crippen LogP contribution in [-0.2, 0) is 0 Å². The van der Waals surface area contributed by atoms with Crippen LogP contribution in [-0.4, -0.2) is 0 Å². The van der Waals surface area contributed by atoms with E-state index in [4.69, 9.17) is 5.73 Å². The largest absolute Gasteiger partial charge is 0.324 e. The van der Waals surface area contributed by atoms with Crippen molar-refractivity contribution < 1.29 is 0 Å². The van der Waals surface area contributed by atoms with E-state index in [1.54, 1.807) is 0 Å². The first kappa shape index (κ1) is 11.5. The summed E-state index contributed by atoms with van der Waals surface area (Å²) in [4.78, 5) is 0. The fourth-order valence-electron chi connectivity index (χ4n) is 2.04. The summed E-state index contributed by atoms with van der Waals surface area (Å²) in [6.45, 7) is 4.31. The Balaban J connectivity index is 0.000000980. The summed E-state index contributed by atoms with van der Waals surface area (Å²) in [5.74, 6) is 0.750. The van der Waals surface area contributed by atoms with E-state index in [1.807, 2.05) is 0 Å². The average Bonchev–Trinajstić information content (AvgIpc) is 2.85. The van der Waals surface area contributed by atoms with E-state index in [0.717, 1.165) is 5.92 Å². The topological polar surface area (TPSA) is 26.0 Å². The Morgan fingerprint density at radius 2 is 1.71 bits per heavy atom. The normalized spacial score (nSPS) is 17.4. The first-order valence-electron chi connectivity index (χ1n) is 5.02. The highest BCUT2D eigenvalue weighted by atomic mass is 35.5. The minimum atomic E-state index is 0. The molecule has 1 aromatic carbocycles. The highest BCUT2D eigenvalue weighted by Crippen LogP contribution is 2.41. The third kappa shape index (κ3) is 2.10. The number of hydrogen-bond donors (Lipinski definition) is 1. The third-order valence-corrected chi connectivity index (χ3v) is 3.01.